The van der Waals surface area contributed by atoms with E-state index in [1.807, 2.05) is 22.7 Å². The van der Waals surface area contributed by atoms with Crippen molar-refractivity contribution in [1.82, 2.24) is 0 Å². The van der Waals surface area contributed by atoms with E-state index in [-0.39, 0.29) is 5.41 Å². The quantitative estimate of drug-likeness (QED) is 0.350. The topological polar surface area (TPSA) is 0 Å². The molecule has 0 nitrogen and oxygen atoms in total. The number of hydrogen-bond donors (Lipinski definition) is 0. The van der Waals surface area contributed by atoms with Crippen molar-refractivity contribution in [1.29, 1.82) is 0 Å². The molecule has 0 radical (unpaired) electrons. The number of fused-ring (bicyclic) bond motifs is 1. The monoisotopic (exact) mass is 348 g/mol. The zero-order valence-electron chi connectivity index (χ0n) is 14.2. The Bertz CT molecular complexity index is 969. The van der Waals surface area contributed by atoms with E-state index >= 15 is 0 Å². The summed E-state index contributed by atoms with van der Waals surface area (Å²) >= 11 is 3.63. The van der Waals surface area contributed by atoms with Gasteiger partial charge >= 0.3 is 0 Å². The number of benzene rings is 2. The highest BCUT2D eigenvalue weighted by Crippen LogP contribution is 2.40. The van der Waals surface area contributed by atoms with Crippen molar-refractivity contribution in [3.05, 3.63) is 70.9 Å². The van der Waals surface area contributed by atoms with E-state index in [1.54, 1.807) is 0 Å². The van der Waals surface area contributed by atoms with Crippen molar-refractivity contribution in [2.75, 3.05) is 0 Å². The molecule has 0 unspecified atom stereocenters. The Morgan fingerprint density at radius 1 is 0.667 bits per heavy atom. The number of thiophene rings is 2. The van der Waals surface area contributed by atoms with E-state index in [0.29, 0.717) is 0 Å². The Morgan fingerprint density at radius 3 is 1.92 bits per heavy atom. The second-order valence-corrected chi connectivity index (χ2v) is 9.02. The number of hydrogen-bond acceptors (Lipinski definition) is 2. The lowest BCUT2D eigenvalue weighted by Gasteiger charge is -2.22. The molecule has 0 N–H and O–H groups in total. The first-order valence-corrected chi connectivity index (χ1v) is 9.95. The van der Waals surface area contributed by atoms with Crippen molar-refractivity contribution in [3.8, 4) is 20.9 Å². The van der Waals surface area contributed by atoms with E-state index in [1.165, 1.54) is 37.2 Å². The standard InChI is InChI=1S/C22H20S2/c1-22(2,3)15-13-18-16(19(14-15)21-10-6-12-24-21)7-4-8-17(18)20-9-5-11-23-20/h4-14H,1-3H3. The second-order valence-electron chi connectivity index (χ2n) is 7.13. The lowest BCUT2D eigenvalue weighted by atomic mass is 9.83. The van der Waals surface area contributed by atoms with Gasteiger partial charge in [-0.05, 0) is 67.9 Å². The fourth-order valence-corrected chi connectivity index (χ4v) is 4.62. The maximum atomic E-state index is 2.39. The van der Waals surface area contributed by atoms with Crippen LogP contribution in [0.3, 0.4) is 0 Å². The van der Waals surface area contributed by atoms with Crippen molar-refractivity contribution in [2.45, 2.75) is 26.2 Å². The Kier molecular flexibility index (Phi) is 3.82. The van der Waals surface area contributed by atoms with Gasteiger partial charge in [0, 0.05) is 9.75 Å². The third kappa shape index (κ3) is 2.70. The zero-order chi connectivity index (χ0) is 16.7. The van der Waals surface area contributed by atoms with Gasteiger partial charge in [0.1, 0.15) is 0 Å². The maximum Gasteiger partial charge on any atom is 0.0349 e. The molecule has 2 heterocycles. The van der Waals surface area contributed by atoms with Crippen LogP contribution in [0.15, 0.2) is 65.4 Å². The van der Waals surface area contributed by atoms with Gasteiger partial charge in [0.2, 0.25) is 0 Å². The molecule has 0 amide bonds. The average Bonchev–Trinajstić information content (AvgIpc) is 3.26. The minimum absolute atomic E-state index is 0.128. The first-order chi connectivity index (χ1) is 11.5. The lowest BCUT2D eigenvalue weighted by molar-refractivity contribution is 0.591. The van der Waals surface area contributed by atoms with Crippen LogP contribution in [0.2, 0.25) is 0 Å². The van der Waals surface area contributed by atoms with Gasteiger partial charge < -0.3 is 0 Å². The van der Waals surface area contributed by atoms with E-state index in [4.69, 9.17) is 0 Å². The average molecular weight is 349 g/mol. The lowest BCUT2D eigenvalue weighted by Crippen LogP contribution is -2.11. The molecule has 2 aromatic carbocycles. The molecule has 2 aromatic heterocycles. The molecule has 0 aliphatic rings. The zero-order valence-corrected chi connectivity index (χ0v) is 15.8. The largest absolute Gasteiger partial charge is 0.144 e. The van der Waals surface area contributed by atoms with Crippen LogP contribution in [-0.4, -0.2) is 0 Å². The molecule has 2 heteroatoms. The predicted molar refractivity (Wildman–Crippen MR) is 109 cm³/mol. The molecule has 0 saturated carbocycles. The van der Waals surface area contributed by atoms with E-state index in [2.05, 4.69) is 86.1 Å². The van der Waals surface area contributed by atoms with Gasteiger partial charge in [-0.25, -0.2) is 0 Å². The van der Waals surface area contributed by atoms with Crippen LogP contribution in [0.25, 0.3) is 31.7 Å². The normalized spacial score (nSPS) is 12.0. The van der Waals surface area contributed by atoms with Gasteiger partial charge in [0.25, 0.3) is 0 Å². The fraction of sp³-hybridized carbons (Fsp3) is 0.182. The summed E-state index contributed by atoms with van der Waals surface area (Å²) in [6.45, 7) is 6.88. The molecule has 0 aliphatic carbocycles. The minimum atomic E-state index is 0.128. The van der Waals surface area contributed by atoms with Crippen LogP contribution in [-0.2, 0) is 5.41 Å². The second kappa shape index (κ2) is 5.87. The van der Waals surface area contributed by atoms with Gasteiger partial charge in [0.15, 0.2) is 0 Å². The van der Waals surface area contributed by atoms with E-state index in [9.17, 15) is 0 Å². The molecule has 0 saturated heterocycles. The highest BCUT2D eigenvalue weighted by atomic mass is 32.1. The predicted octanol–water partition coefficient (Wildman–Crippen LogP) is 7.59. The van der Waals surface area contributed by atoms with Gasteiger partial charge in [-0.15, -0.1) is 22.7 Å². The molecule has 0 spiro atoms. The third-order valence-electron chi connectivity index (χ3n) is 4.44. The first kappa shape index (κ1) is 15.6. The Labute approximate surface area is 151 Å². The molecule has 0 aliphatic heterocycles. The van der Waals surface area contributed by atoms with Crippen LogP contribution in [0, 0.1) is 0 Å². The summed E-state index contributed by atoms with van der Waals surface area (Å²) in [6, 6.07) is 20.2. The molecule has 4 rings (SSSR count). The molecule has 0 atom stereocenters. The van der Waals surface area contributed by atoms with Gasteiger partial charge in [-0.3, -0.25) is 0 Å². The number of rotatable bonds is 2. The Morgan fingerprint density at radius 2 is 1.33 bits per heavy atom. The first-order valence-electron chi connectivity index (χ1n) is 8.19. The molecule has 0 fully saturated rings. The molecule has 4 aromatic rings. The van der Waals surface area contributed by atoms with Crippen LogP contribution in [0.5, 0.6) is 0 Å². The highest BCUT2D eigenvalue weighted by molar-refractivity contribution is 7.14. The summed E-state index contributed by atoms with van der Waals surface area (Å²) in [4.78, 5) is 2.68. The molecule has 24 heavy (non-hydrogen) atoms. The summed E-state index contributed by atoms with van der Waals surface area (Å²) in [7, 11) is 0. The molecule has 120 valence electrons. The van der Waals surface area contributed by atoms with E-state index in [0.717, 1.165) is 0 Å². The van der Waals surface area contributed by atoms with Crippen LogP contribution < -0.4 is 0 Å². The molecular weight excluding hydrogens is 328 g/mol. The van der Waals surface area contributed by atoms with Gasteiger partial charge in [-0.2, -0.15) is 0 Å². The summed E-state index contributed by atoms with van der Waals surface area (Å²) in [5.41, 5.74) is 4.21. The van der Waals surface area contributed by atoms with Gasteiger partial charge in [0.05, 0.1) is 0 Å². The summed E-state index contributed by atoms with van der Waals surface area (Å²) < 4.78 is 0. The smallest absolute Gasteiger partial charge is 0.0349 e. The van der Waals surface area contributed by atoms with Crippen molar-refractivity contribution < 1.29 is 0 Å². The van der Waals surface area contributed by atoms with E-state index < -0.39 is 0 Å². The minimum Gasteiger partial charge on any atom is -0.144 e. The van der Waals surface area contributed by atoms with Crippen molar-refractivity contribution >= 4 is 33.4 Å². The summed E-state index contributed by atoms with van der Waals surface area (Å²) in [5, 5.41) is 7.02. The van der Waals surface area contributed by atoms with Crippen molar-refractivity contribution in [2.24, 2.45) is 0 Å². The van der Waals surface area contributed by atoms with Crippen molar-refractivity contribution in [3.63, 3.8) is 0 Å². The van der Waals surface area contributed by atoms with Crippen LogP contribution >= 0.6 is 22.7 Å². The Balaban J connectivity index is 2.10. The fourth-order valence-electron chi connectivity index (χ4n) is 3.10. The van der Waals surface area contributed by atoms with Crippen LogP contribution in [0.4, 0.5) is 0 Å². The summed E-state index contributed by atoms with van der Waals surface area (Å²) in [5.74, 6) is 0. The van der Waals surface area contributed by atoms with Gasteiger partial charge in [-0.1, -0.05) is 51.1 Å². The van der Waals surface area contributed by atoms with Crippen LogP contribution in [0.1, 0.15) is 26.3 Å². The maximum absolute atomic E-state index is 2.39. The summed E-state index contributed by atoms with van der Waals surface area (Å²) in [6.07, 6.45) is 0. The third-order valence-corrected chi connectivity index (χ3v) is 6.24. The highest BCUT2D eigenvalue weighted by Gasteiger charge is 2.18. The molecule has 0 bridgehead atoms. The SMILES string of the molecule is CC(C)(C)c1cc(-c2cccs2)c2cccc(-c3cccs3)c2c1. The Hall–Kier alpha value is -1.90. The molecular formula is C22H20S2.